The van der Waals surface area contributed by atoms with E-state index in [1.54, 1.807) is 30.3 Å². The van der Waals surface area contributed by atoms with Crippen LogP contribution in [0.4, 0.5) is 0 Å². The molecule has 0 bridgehead atoms. The molecule has 0 aliphatic rings. The molecule has 1 heterocycles. The number of aromatic nitrogens is 2. The van der Waals surface area contributed by atoms with Gasteiger partial charge in [0.15, 0.2) is 6.61 Å². The summed E-state index contributed by atoms with van der Waals surface area (Å²) in [5, 5.41) is 24.9. The van der Waals surface area contributed by atoms with Gasteiger partial charge in [-0.15, -0.1) is 0 Å². The minimum atomic E-state index is -0.406. The number of hydrogen-bond donors (Lipinski definition) is 0. The standard InChI is InChI=1S/C12H5Cl2N5O2/c13-8-1-7(2-9(14)3-8)12-17-11(21-19-12)6-20-18-10(4-15)5-16/h1-3H,6H2. The fourth-order valence-electron chi connectivity index (χ4n) is 1.33. The van der Waals surface area contributed by atoms with Crippen LogP contribution in [0.2, 0.25) is 10.0 Å². The first-order valence-electron chi connectivity index (χ1n) is 5.41. The summed E-state index contributed by atoms with van der Waals surface area (Å²) in [6.07, 6.45) is 0. The molecule has 1 aromatic carbocycles. The predicted molar refractivity (Wildman–Crippen MR) is 73.2 cm³/mol. The molecule has 21 heavy (non-hydrogen) atoms. The molecule has 0 saturated heterocycles. The third kappa shape index (κ3) is 3.93. The first-order chi connectivity index (χ1) is 10.1. The van der Waals surface area contributed by atoms with Crippen LogP contribution in [0, 0.1) is 22.7 Å². The van der Waals surface area contributed by atoms with Gasteiger partial charge in [0.1, 0.15) is 12.1 Å². The second-order valence-electron chi connectivity index (χ2n) is 3.61. The van der Waals surface area contributed by atoms with Gasteiger partial charge >= 0.3 is 0 Å². The van der Waals surface area contributed by atoms with Gasteiger partial charge in [-0.25, -0.2) is 0 Å². The van der Waals surface area contributed by atoms with E-state index in [-0.39, 0.29) is 18.3 Å². The molecule has 104 valence electrons. The highest BCUT2D eigenvalue weighted by molar-refractivity contribution is 6.35. The highest BCUT2D eigenvalue weighted by atomic mass is 35.5. The van der Waals surface area contributed by atoms with Crippen molar-refractivity contribution < 1.29 is 9.36 Å². The molecule has 9 heteroatoms. The molecule has 0 unspecified atom stereocenters. The molecule has 2 aromatic rings. The lowest BCUT2D eigenvalue weighted by molar-refractivity contribution is 0.106. The Hall–Kier alpha value is -2.61. The van der Waals surface area contributed by atoms with Crippen LogP contribution in [0.5, 0.6) is 0 Å². The summed E-state index contributed by atoms with van der Waals surface area (Å²) in [5.74, 6) is 0.405. The van der Waals surface area contributed by atoms with Crippen molar-refractivity contribution in [3.63, 3.8) is 0 Å². The smallest absolute Gasteiger partial charge is 0.267 e. The maximum Gasteiger partial charge on any atom is 0.267 e. The fourth-order valence-corrected chi connectivity index (χ4v) is 1.86. The van der Waals surface area contributed by atoms with E-state index in [9.17, 15) is 0 Å². The van der Waals surface area contributed by atoms with Crippen molar-refractivity contribution in [2.75, 3.05) is 0 Å². The zero-order valence-electron chi connectivity index (χ0n) is 10.2. The third-order valence-corrected chi connectivity index (χ3v) is 2.58. The summed E-state index contributed by atoms with van der Waals surface area (Å²) < 4.78 is 4.94. The Morgan fingerprint density at radius 3 is 2.52 bits per heavy atom. The zero-order valence-corrected chi connectivity index (χ0v) is 11.8. The quantitative estimate of drug-likeness (QED) is 0.632. The monoisotopic (exact) mass is 321 g/mol. The lowest BCUT2D eigenvalue weighted by Gasteiger charge is -1.97. The number of oxime groups is 1. The summed E-state index contributed by atoms with van der Waals surface area (Å²) in [4.78, 5) is 8.81. The van der Waals surface area contributed by atoms with Crippen molar-refractivity contribution in [1.29, 1.82) is 10.5 Å². The van der Waals surface area contributed by atoms with Crippen molar-refractivity contribution in [2.24, 2.45) is 5.16 Å². The maximum atomic E-state index is 8.47. The molecule has 0 atom stereocenters. The van der Waals surface area contributed by atoms with Gasteiger partial charge in [-0.3, -0.25) is 0 Å². The van der Waals surface area contributed by atoms with Crippen LogP contribution in [0.15, 0.2) is 27.9 Å². The maximum absolute atomic E-state index is 8.47. The topological polar surface area (TPSA) is 108 Å². The first kappa shape index (κ1) is 14.8. The van der Waals surface area contributed by atoms with E-state index < -0.39 is 5.71 Å². The van der Waals surface area contributed by atoms with Gasteiger partial charge in [0.25, 0.3) is 11.6 Å². The van der Waals surface area contributed by atoms with Crippen molar-refractivity contribution in [3.8, 4) is 23.5 Å². The second-order valence-corrected chi connectivity index (χ2v) is 4.48. The van der Waals surface area contributed by atoms with Crippen molar-refractivity contribution in [2.45, 2.75) is 6.61 Å². The van der Waals surface area contributed by atoms with Crippen LogP contribution in [-0.4, -0.2) is 15.9 Å². The molecule has 0 aliphatic carbocycles. The minimum Gasteiger partial charge on any atom is -0.384 e. The largest absolute Gasteiger partial charge is 0.384 e. The Bertz CT molecular complexity index is 736. The summed E-state index contributed by atoms with van der Waals surface area (Å²) >= 11 is 11.8. The van der Waals surface area contributed by atoms with Gasteiger partial charge in [-0.2, -0.15) is 15.5 Å². The number of halogens is 2. The van der Waals surface area contributed by atoms with Crippen molar-refractivity contribution in [1.82, 2.24) is 10.1 Å². The molecule has 7 nitrogen and oxygen atoms in total. The van der Waals surface area contributed by atoms with Crippen LogP contribution >= 0.6 is 23.2 Å². The summed E-state index contributed by atoms with van der Waals surface area (Å²) in [6.45, 7) is -0.172. The number of nitriles is 2. The number of benzene rings is 1. The van der Waals surface area contributed by atoms with E-state index in [4.69, 9.17) is 43.1 Å². The van der Waals surface area contributed by atoms with Crippen LogP contribution in [0.3, 0.4) is 0 Å². The zero-order chi connectivity index (χ0) is 15.2. The van der Waals surface area contributed by atoms with Crippen LogP contribution in [0.1, 0.15) is 5.89 Å². The van der Waals surface area contributed by atoms with E-state index >= 15 is 0 Å². The predicted octanol–water partition coefficient (Wildman–Crippen LogP) is 2.96. The normalized spacial score (nSPS) is 9.52. The van der Waals surface area contributed by atoms with Crippen molar-refractivity contribution >= 4 is 28.9 Å². The van der Waals surface area contributed by atoms with Crippen LogP contribution < -0.4 is 0 Å². The first-order valence-corrected chi connectivity index (χ1v) is 6.17. The Kier molecular flexibility index (Phi) is 4.72. The molecule has 0 amide bonds. The molecule has 1 aromatic heterocycles. The second kappa shape index (κ2) is 6.71. The average Bonchev–Trinajstić information content (AvgIpc) is 2.91. The molecular formula is C12H5Cl2N5O2. The summed E-state index contributed by atoms with van der Waals surface area (Å²) in [5.41, 5.74) is 0.178. The fraction of sp³-hybridized carbons (Fsp3) is 0.0833. The average molecular weight is 322 g/mol. The van der Waals surface area contributed by atoms with E-state index in [2.05, 4.69) is 15.3 Å². The van der Waals surface area contributed by atoms with Gasteiger partial charge in [-0.05, 0) is 18.2 Å². The van der Waals surface area contributed by atoms with E-state index in [0.717, 1.165) is 0 Å². The third-order valence-electron chi connectivity index (χ3n) is 2.14. The number of hydrogen-bond acceptors (Lipinski definition) is 7. The Balaban J connectivity index is 2.10. The minimum absolute atomic E-state index is 0.125. The highest BCUT2D eigenvalue weighted by Gasteiger charge is 2.10. The Morgan fingerprint density at radius 1 is 1.24 bits per heavy atom. The number of rotatable bonds is 4. The van der Waals surface area contributed by atoms with Gasteiger partial charge in [0.2, 0.25) is 5.82 Å². The van der Waals surface area contributed by atoms with Crippen LogP contribution in [-0.2, 0) is 11.4 Å². The van der Waals surface area contributed by atoms with Gasteiger partial charge in [-0.1, -0.05) is 33.5 Å². The van der Waals surface area contributed by atoms with Gasteiger partial charge in [0, 0.05) is 15.6 Å². The molecule has 0 aliphatic heterocycles. The van der Waals surface area contributed by atoms with E-state index in [1.165, 1.54) is 0 Å². The number of nitrogens with zero attached hydrogens (tertiary/aromatic N) is 5. The molecule has 0 radical (unpaired) electrons. The Morgan fingerprint density at radius 2 is 1.90 bits per heavy atom. The van der Waals surface area contributed by atoms with Crippen LogP contribution in [0.25, 0.3) is 11.4 Å². The molecule has 2 rings (SSSR count). The molecule has 0 fully saturated rings. The molecular weight excluding hydrogens is 317 g/mol. The summed E-state index contributed by atoms with van der Waals surface area (Å²) in [6, 6.07) is 7.94. The lowest BCUT2D eigenvalue weighted by atomic mass is 10.2. The van der Waals surface area contributed by atoms with Crippen molar-refractivity contribution in [3.05, 3.63) is 34.1 Å². The lowest BCUT2D eigenvalue weighted by Crippen LogP contribution is -1.93. The van der Waals surface area contributed by atoms with E-state index in [1.807, 2.05) is 0 Å². The van der Waals surface area contributed by atoms with Gasteiger partial charge in [0.05, 0.1) is 0 Å². The molecule has 0 spiro atoms. The SMILES string of the molecule is N#CC(C#N)=NOCc1nc(-c2cc(Cl)cc(Cl)c2)no1. The Labute approximate surface area is 128 Å². The van der Waals surface area contributed by atoms with E-state index in [0.29, 0.717) is 15.6 Å². The highest BCUT2D eigenvalue weighted by Crippen LogP contribution is 2.25. The molecule has 0 saturated carbocycles. The molecule has 0 N–H and O–H groups in total. The van der Waals surface area contributed by atoms with Gasteiger partial charge < -0.3 is 9.36 Å². The summed E-state index contributed by atoms with van der Waals surface area (Å²) in [7, 11) is 0.